The summed E-state index contributed by atoms with van der Waals surface area (Å²) in [5, 5.41) is 0. The van der Waals surface area contributed by atoms with Gasteiger partial charge in [0.15, 0.2) is 6.10 Å². The van der Waals surface area contributed by atoms with Crippen LogP contribution in [0.25, 0.3) is 5.69 Å². The van der Waals surface area contributed by atoms with E-state index in [0.717, 1.165) is 5.69 Å². The molecule has 7 heteroatoms. The predicted molar refractivity (Wildman–Crippen MR) is 95.3 cm³/mol. The first-order chi connectivity index (χ1) is 12.6. The van der Waals surface area contributed by atoms with E-state index in [2.05, 4.69) is 4.98 Å². The zero-order valence-electron chi connectivity index (χ0n) is 13.8. The van der Waals surface area contributed by atoms with Crippen LogP contribution in [0, 0.1) is 0 Å². The molecule has 3 aromatic rings. The molecule has 26 heavy (non-hydrogen) atoms. The number of nitrogens with zero attached hydrogens (tertiary/aromatic N) is 3. The van der Waals surface area contributed by atoms with E-state index in [1.807, 2.05) is 36.4 Å². The van der Waals surface area contributed by atoms with Crippen molar-refractivity contribution in [2.75, 3.05) is 11.4 Å². The van der Waals surface area contributed by atoms with Gasteiger partial charge in [-0.05, 0) is 24.3 Å². The summed E-state index contributed by atoms with van der Waals surface area (Å²) in [5.74, 6) is -0.455. The summed E-state index contributed by atoms with van der Waals surface area (Å²) < 4.78 is 7.32. The van der Waals surface area contributed by atoms with Crippen LogP contribution in [-0.2, 0) is 4.79 Å². The number of nitrogens with two attached hydrogens (primary N) is 1. The minimum Gasteiger partial charge on any atom is -0.477 e. The Morgan fingerprint density at radius 1 is 1.08 bits per heavy atom. The van der Waals surface area contributed by atoms with Crippen molar-refractivity contribution < 1.29 is 14.3 Å². The molecule has 0 bridgehead atoms. The number of hydrogen-bond donors (Lipinski definition) is 1. The van der Waals surface area contributed by atoms with Gasteiger partial charge in [0.25, 0.3) is 11.8 Å². The van der Waals surface area contributed by atoms with E-state index in [1.165, 1.54) is 11.1 Å². The number of hydrogen-bond acceptors (Lipinski definition) is 4. The minimum atomic E-state index is -0.901. The molecule has 2 amide bonds. The molecule has 2 aromatic carbocycles. The molecule has 1 atom stereocenters. The van der Waals surface area contributed by atoms with Crippen molar-refractivity contribution in [1.82, 2.24) is 9.55 Å². The molecule has 130 valence electrons. The standard InChI is InChI=1S/C19H16N4O3/c20-18(24)17-11-22(14-8-4-5-9-16(14)26-17)19(25)15-10-21-12-23(15)13-6-2-1-3-7-13/h1-10,12,17H,11H2,(H2,20,24). The predicted octanol–water partition coefficient (Wildman–Crippen LogP) is 1.77. The highest BCUT2D eigenvalue weighted by Crippen LogP contribution is 2.34. The molecule has 0 saturated carbocycles. The van der Waals surface area contributed by atoms with E-state index in [4.69, 9.17) is 10.5 Å². The summed E-state index contributed by atoms with van der Waals surface area (Å²) in [5.41, 5.74) is 7.21. The molecule has 1 aliphatic heterocycles. The van der Waals surface area contributed by atoms with Crippen LogP contribution in [0.3, 0.4) is 0 Å². The number of para-hydroxylation sites is 3. The van der Waals surface area contributed by atoms with Crippen LogP contribution in [0.2, 0.25) is 0 Å². The molecule has 0 aliphatic carbocycles. The lowest BCUT2D eigenvalue weighted by Gasteiger charge is -2.33. The Bertz CT molecular complexity index is 968. The van der Waals surface area contributed by atoms with Crippen LogP contribution in [0.1, 0.15) is 10.5 Å². The molecule has 0 saturated heterocycles. The van der Waals surface area contributed by atoms with Gasteiger partial charge in [0.2, 0.25) is 0 Å². The number of rotatable bonds is 3. The van der Waals surface area contributed by atoms with Crippen molar-refractivity contribution in [3.05, 3.63) is 72.8 Å². The molecule has 0 radical (unpaired) electrons. The van der Waals surface area contributed by atoms with E-state index < -0.39 is 12.0 Å². The molecular weight excluding hydrogens is 332 g/mol. The average Bonchev–Trinajstić information content (AvgIpc) is 3.17. The highest BCUT2D eigenvalue weighted by Gasteiger charge is 2.34. The second kappa shape index (κ2) is 6.36. The lowest BCUT2D eigenvalue weighted by atomic mass is 10.1. The largest absolute Gasteiger partial charge is 0.477 e. The molecule has 0 fully saturated rings. The van der Waals surface area contributed by atoms with Crippen LogP contribution in [0.4, 0.5) is 5.69 Å². The maximum absolute atomic E-state index is 13.2. The van der Waals surface area contributed by atoms with Gasteiger partial charge in [-0.1, -0.05) is 30.3 Å². The fourth-order valence-electron chi connectivity index (χ4n) is 2.96. The van der Waals surface area contributed by atoms with Crippen LogP contribution in [0.5, 0.6) is 5.75 Å². The Morgan fingerprint density at radius 2 is 1.81 bits per heavy atom. The topological polar surface area (TPSA) is 90.5 Å². The van der Waals surface area contributed by atoms with E-state index >= 15 is 0 Å². The second-order valence-electron chi connectivity index (χ2n) is 5.88. The van der Waals surface area contributed by atoms with E-state index in [1.54, 1.807) is 29.1 Å². The average molecular weight is 348 g/mol. The van der Waals surface area contributed by atoms with Gasteiger partial charge in [-0.25, -0.2) is 4.98 Å². The molecule has 2 N–H and O–H groups in total. The maximum Gasteiger partial charge on any atom is 0.277 e. The van der Waals surface area contributed by atoms with Gasteiger partial charge in [0, 0.05) is 5.69 Å². The van der Waals surface area contributed by atoms with Gasteiger partial charge >= 0.3 is 0 Å². The van der Waals surface area contributed by atoms with E-state index in [-0.39, 0.29) is 12.5 Å². The molecule has 1 unspecified atom stereocenters. The first-order valence-electron chi connectivity index (χ1n) is 8.10. The molecule has 0 spiro atoms. The van der Waals surface area contributed by atoms with E-state index in [9.17, 15) is 9.59 Å². The van der Waals surface area contributed by atoms with Crippen molar-refractivity contribution in [2.45, 2.75) is 6.10 Å². The summed E-state index contributed by atoms with van der Waals surface area (Å²) in [4.78, 5) is 30.5. The quantitative estimate of drug-likeness (QED) is 0.781. The van der Waals surface area contributed by atoms with Crippen molar-refractivity contribution in [3.63, 3.8) is 0 Å². The number of benzene rings is 2. The first kappa shape index (κ1) is 15.9. The number of primary amides is 1. The summed E-state index contributed by atoms with van der Waals surface area (Å²) in [6.45, 7) is 0.0468. The number of imidazole rings is 1. The lowest BCUT2D eigenvalue weighted by molar-refractivity contribution is -0.124. The van der Waals surface area contributed by atoms with Crippen LogP contribution in [-0.4, -0.2) is 34.0 Å². The zero-order chi connectivity index (χ0) is 18.1. The Labute approximate surface area is 149 Å². The number of carbonyl (C=O) groups is 2. The number of ether oxygens (including phenoxy) is 1. The maximum atomic E-state index is 13.2. The SMILES string of the molecule is NC(=O)C1CN(C(=O)c2cncn2-c2ccccc2)c2ccccc2O1. The number of carbonyl (C=O) groups excluding carboxylic acids is 2. The number of aromatic nitrogens is 2. The molecule has 4 rings (SSSR count). The van der Waals surface area contributed by atoms with E-state index in [0.29, 0.717) is 17.1 Å². The number of anilines is 1. The normalized spacial score (nSPS) is 15.8. The van der Waals surface area contributed by atoms with Crippen molar-refractivity contribution in [2.24, 2.45) is 5.73 Å². The molecule has 1 aromatic heterocycles. The van der Waals surface area contributed by atoms with Gasteiger partial charge in [-0.15, -0.1) is 0 Å². The Balaban J connectivity index is 1.75. The first-order valence-corrected chi connectivity index (χ1v) is 8.10. The lowest BCUT2D eigenvalue weighted by Crippen LogP contribution is -2.49. The van der Waals surface area contributed by atoms with Gasteiger partial charge in [-0.2, -0.15) is 0 Å². The minimum absolute atomic E-state index is 0.0468. The second-order valence-corrected chi connectivity index (χ2v) is 5.88. The monoisotopic (exact) mass is 348 g/mol. The fraction of sp³-hybridized carbons (Fsp3) is 0.105. The summed E-state index contributed by atoms with van der Waals surface area (Å²) in [6.07, 6.45) is 2.19. The van der Waals surface area contributed by atoms with Crippen molar-refractivity contribution in [3.8, 4) is 11.4 Å². The van der Waals surface area contributed by atoms with Gasteiger partial charge in [0.1, 0.15) is 11.4 Å². The summed E-state index contributed by atoms with van der Waals surface area (Å²) in [7, 11) is 0. The van der Waals surface area contributed by atoms with Crippen LogP contribution < -0.4 is 15.4 Å². The zero-order valence-corrected chi connectivity index (χ0v) is 13.8. The highest BCUT2D eigenvalue weighted by molar-refractivity contribution is 6.07. The third kappa shape index (κ3) is 2.69. The summed E-state index contributed by atoms with van der Waals surface area (Å²) >= 11 is 0. The van der Waals surface area contributed by atoms with Gasteiger partial charge in [-0.3, -0.25) is 19.1 Å². The summed E-state index contributed by atoms with van der Waals surface area (Å²) in [6, 6.07) is 16.5. The van der Waals surface area contributed by atoms with Crippen LogP contribution in [0.15, 0.2) is 67.1 Å². The molecular formula is C19H16N4O3. The third-order valence-electron chi connectivity index (χ3n) is 4.23. The molecule has 1 aliphatic rings. The van der Waals surface area contributed by atoms with Crippen molar-refractivity contribution >= 4 is 17.5 Å². The third-order valence-corrected chi connectivity index (χ3v) is 4.23. The molecule has 7 nitrogen and oxygen atoms in total. The molecule has 2 heterocycles. The van der Waals surface area contributed by atoms with Gasteiger partial charge < -0.3 is 10.5 Å². The fourth-order valence-corrected chi connectivity index (χ4v) is 2.96. The van der Waals surface area contributed by atoms with Crippen LogP contribution >= 0.6 is 0 Å². The Kier molecular flexibility index (Phi) is 3.89. The smallest absolute Gasteiger partial charge is 0.277 e. The Morgan fingerprint density at radius 3 is 2.58 bits per heavy atom. The number of amides is 2. The Hall–Kier alpha value is -3.61. The highest BCUT2D eigenvalue weighted by atomic mass is 16.5. The van der Waals surface area contributed by atoms with Gasteiger partial charge in [0.05, 0.1) is 24.8 Å². The number of fused-ring (bicyclic) bond motifs is 1. The van der Waals surface area contributed by atoms with Crippen molar-refractivity contribution in [1.29, 1.82) is 0 Å².